The Hall–Kier alpha value is -7.34. The summed E-state index contributed by atoms with van der Waals surface area (Å²) in [6, 6.07) is 25.7. The molecule has 6 atom stereocenters. The number of benzene rings is 6. The van der Waals surface area contributed by atoms with Crippen LogP contribution in [0.15, 0.2) is 164 Å². The van der Waals surface area contributed by atoms with Crippen LogP contribution in [-0.4, -0.2) is 121 Å². The highest BCUT2D eigenvalue weighted by molar-refractivity contribution is 9.10. The van der Waals surface area contributed by atoms with E-state index in [9.17, 15) is 61.5 Å². The van der Waals surface area contributed by atoms with Gasteiger partial charge in [-0.3, -0.25) is 9.59 Å². The predicted molar refractivity (Wildman–Crippen MR) is 328 cm³/mol. The topological polar surface area (TPSA) is 278 Å². The summed E-state index contributed by atoms with van der Waals surface area (Å²) in [4.78, 5) is 47.6. The molecule has 34 heteroatoms. The van der Waals surface area contributed by atoms with Crippen LogP contribution in [-0.2, 0) is 64.3 Å². The maximum atomic E-state index is 16.1. The number of sulfonamides is 2. The van der Waals surface area contributed by atoms with Gasteiger partial charge in [0, 0.05) is 68.5 Å². The fraction of sp³-hybridized carbons (Fsp3) is 0.355. The van der Waals surface area contributed by atoms with Gasteiger partial charge in [0.15, 0.2) is 12.1 Å². The van der Waals surface area contributed by atoms with E-state index in [1.807, 2.05) is 9.44 Å². The number of carbonyl (C=O) groups excluding carboxylic acids is 2. The Balaban J connectivity index is 0.000000226. The first-order chi connectivity index (χ1) is 44.8. The van der Waals surface area contributed by atoms with Crippen LogP contribution in [0.5, 0.6) is 11.5 Å². The molecule has 6 aromatic carbocycles. The monoisotopic (exact) mass is 1530 g/mol. The van der Waals surface area contributed by atoms with Gasteiger partial charge in [-0.05, 0) is 135 Å². The summed E-state index contributed by atoms with van der Waals surface area (Å²) in [5.74, 6) is -15.7. The van der Waals surface area contributed by atoms with E-state index in [-0.39, 0.29) is 70.8 Å². The number of carboxylic acid groups (broad SMARTS) is 2. The summed E-state index contributed by atoms with van der Waals surface area (Å²) >= 11 is 6.43. The highest BCUT2D eigenvalue weighted by atomic mass is 79.9. The van der Waals surface area contributed by atoms with E-state index < -0.39 is 103 Å². The highest BCUT2D eigenvalue weighted by Crippen LogP contribution is 2.43. The zero-order chi connectivity index (χ0) is 70.9. The summed E-state index contributed by atoms with van der Waals surface area (Å²) < 4.78 is 225. The van der Waals surface area contributed by atoms with E-state index in [0.29, 0.717) is 71.4 Å². The first-order valence-electron chi connectivity index (χ1n) is 28.8. The number of piperidine rings is 2. The largest absolute Gasteiger partial charge is 0.490 e. The fourth-order valence-electron chi connectivity index (χ4n) is 11.1. The molecule has 0 radical (unpaired) electrons. The lowest BCUT2D eigenvalue weighted by atomic mass is 9.95. The average Bonchev–Trinajstić information content (AvgIpc) is 1.38. The third-order valence-corrected chi connectivity index (χ3v) is 19.5. The SMILES string of the molecule is NC1CC2CCC(C1)N2C(=O)[C@@H](NS(=O)(=O)c1cccc(OCc2ccc(F)cc2)c1)C(F)(F)c1ccc(Br)cc1.NC1CC2CCC(C1)N2C(=O)[C@H](NS(=O)(=O)c1cccc(OCc2ccc(F)cc2)c1)C(F)(F)c1ccc(Br)cc1.O=C(O)C(F)(F)F.O=C(O)C(F)(F)F. The minimum absolute atomic E-state index is 0.0276. The van der Waals surface area contributed by atoms with E-state index in [0.717, 1.165) is 24.3 Å². The lowest BCUT2D eigenvalue weighted by molar-refractivity contribution is -0.193. The van der Waals surface area contributed by atoms with Crippen LogP contribution in [0, 0.1) is 11.6 Å². The molecule has 4 aliphatic heterocycles. The van der Waals surface area contributed by atoms with Crippen molar-refractivity contribution >= 4 is 75.7 Å². The first-order valence-corrected chi connectivity index (χ1v) is 33.3. The van der Waals surface area contributed by atoms with E-state index in [2.05, 4.69) is 31.9 Å². The molecular weight excluding hydrogens is 1470 g/mol. The first kappa shape index (κ1) is 76.0. The molecule has 4 fully saturated rings. The van der Waals surface area contributed by atoms with Crippen molar-refractivity contribution in [2.75, 3.05) is 0 Å². The van der Waals surface area contributed by atoms with Crippen LogP contribution < -0.4 is 30.4 Å². The van der Waals surface area contributed by atoms with Crippen molar-refractivity contribution in [2.24, 2.45) is 11.5 Å². The third kappa shape index (κ3) is 19.9. The quantitative estimate of drug-likeness (QED) is 0.0437. The van der Waals surface area contributed by atoms with Crippen LogP contribution in [0.1, 0.15) is 73.6 Å². The molecule has 0 aromatic heterocycles. The number of amides is 2. The van der Waals surface area contributed by atoms with Gasteiger partial charge in [-0.25, -0.2) is 35.2 Å². The number of nitrogens with one attached hydrogen (secondary N) is 2. The molecule has 4 aliphatic rings. The van der Waals surface area contributed by atoms with E-state index in [1.165, 1.54) is 131 Å². The smallest absolute Gasteiger partial charge is 0.489 e. The van der Waals surface area contributed by atoms with Crippen LogP contribution in [0.3, 0.4) is 0 Å². The van der Waals surface area contributed by atoms with Gasteiger partial charge in [0.2, 0.25) is 31.9 Å². The number of hydrogen-bond acceptors (Lipinski definition) is 12. The molecule has 96 heavy (non-hydrogen) atoms. The normalized spacial score (nSPS) is 20.0. The van der Waals surface area contributed by atoms with Crippen LogP contribution in [0.4, 0.5) is 52.7 Å². The van der Waals surface area contributed by atoms with E-state index in [4.69, 9.17) is 40.7 Å². The number of carboxylic acids is 2. The molecule has 4 saturated heterocycles. The van der Waals surface area contributed by atoms with Crippen molar-refractivity contribution in [3.8, 4) is 11.5 Å². The van der Waals surface area contributed by atoms with Crippen molar-refractivity contribution < 1.29 is 108 Å². The lowest BCUT2D eigenvalue weighted by Crippen LogP contribution is -2.60. The second-order valence-corrected chi connectivity index (χ2v) is 27.7. The van der Waals surface area contributed by atoms with Gasteiger partial charge in [-0.15, -0.1) is 0 Å². The van der Waals surface area contributed by atoms with Gasteiger partial charge in [-0.2, -0.15) is 53.3 Å². The maximum absolute atomic E-state index is 16.1. The Morgan fingerprint density at radius 3 is 1.04 bits per heavy atom. The van der Waals surface area contributed by atoms with Crippen molar-refractivity contribution in [2.45, 2.75) is 147 Å². The highest BCUT2D eigenvalue weighted by Gasteiger charge is 2.56. The molecule has 0 spiro atoms. The molecule has 4 unspecified atom stereocenters. The molecule has 4 heterocycles. The zero-order valence-corrected chi connectivity index (χ0v) is 54.5. The number of rotatable bonds is 18. The Morgan fingerprint density at radius 1 is 0.490 bits per heavy atom. The Morgan fingerprint density at radius 2 is 0.771 bits per heavy atom. The fourth-order valence-corrected chi connectivity index (χ4v) is 14.1. The number of halogens is 14. The molecule has 0 aliphatic carbocycles. The molecule has 6 aromatic rings. The Labute approximate surface area is 558 Å². The number of hydrogen-bond donors (Lipinski definition) is 6. The summed E-state index contributed by atoms with van der Waals surface area (Å²) in [6.07, 6.45) is -5.78. The van der Waals surface area contributed by atoms with Gasteiger partial charge >= 0.3 is 24.3 Å². The lowest BCUT2D eigenvalue weighted by Gasteiger charge is -2.41. The van der Waals surface area contributed by atoms with Gasteiger partial charge in [-0.1, -0.05) is 92.5 Å². The second kappa shape index (κ2) is 31.5. The third-order valence-electron chi connectivity index (χ3n) is 15.6. The standard InChI is InChI=1S/2C29H29BrF3N3O4S.2C2HF3O2/c2*30-20-8-6-19(7-9-20)29(32,33)27(28(37)36-23-12-13-24(36)15-22(34)14-23)35-41(38,39)26-3-1-2-25(16-26)40-17-18-4-10-21(31)11-5-18;2*3-2(4,5)1(6)7/h2*1-11,16,22-24,27,35H,12-15,17,34H2;2*(H,6,7)/t2*22?,23?,24?,27-;;/m10../s1. The predicted octanol–water partition coefficient (Wildman–Crippen LogP) is 11.4. The van der Waals surface area contributed by atoms with Crippen molar-refractivity contribution in [3.05, 3.63) is 188 Å². The molecule has 0 saturated carbocycles. The number of aliphatic carboxylic acids is 2. The Bertz CT molecular complexity index is 3650. The molecule has 18 nitrogen and oxygen atoms in total. The van der Waals surface area contributed by atoms with Crippen LogP contribution >= 0.6 is 31.9 Å². The van der Waals surface area contributed by atoms with E-state index in [1.54, 1.807) is 0 Å². The number of nitrogens with zero attached hydrogens (tertiary/aromatic N) is 2. The summed E-state index contributed by atoms with van der Waals surface area (Å²) in [5.41, 5.74) is 12.5. The summed E-state index contributed by atoms with van der Waals surface area (Å²) in [6.45, 7) is 0.0552. The molecule has 2 amide bonds. The van der Waals surface area contributed by atoms with Crippen LogP contribution in [0.2, 0.25) is 0 Å². The van der Waals surface area contributed by atoms with Crippen LogP contribution in [0.25, 0.3) is 0 Å². The van der Waals surface area contributed by atoms with Gasteiger partial charge in [0.1, 0.15) is 36.3 Å². The molecule has 10 rings (SSSR count). The summed E-state index contributed by atoms with van der Waals surface area (Å²) in [7, 11) is -9.24. The number of nitrogens with two attached hydrogens (primary N) is 2. The van der Waals surface area contributed by atoms with Gasteiger partial charge < -0.3 is 41.0 Å². The van der Waals surface area contributed by atoms with Crippen molar-refractivity contribution in [1.82, 2.24) is 19.2 Å². The minimum atomic E-state index is -5.08. The maximum Gasteiger partial charge on any atom is 0.490 e. The number of ether oxygens (including phenoxy) is 2. The second-order valence-electron chi connectivity index (χ2n) is 22.5. The molecular formula is C62H60Br2F12N6O12S2. The average molecular weight is 1530 g/mol. The van der Waals surface area contributed by atoms with Crippen molar-refractivity contribution in [3.63, 3.8) is 0 Å². The van der Waals surface area contributed by atoms with Gasteiger partial charge in [0.25, 0.3) is 11.8 Å². The van der Waals surface area contributed by atoms with Crippen molar-refractivity contribution in [1.29, 1.82) is 0 Å². The van der Waals surface area contributed by atoms with E-state index >= 15 is 17.6 Å². The Kier molecular flexibility index (Phi) is 24.9. The molecule has 8 N–H and O–H groups in total. The molecule has 4 bridgehead atoms. The number of carbonyl (C=O) groups is 4. The zero-order valence-electron chi connectivity index (χ0n) is 49.7. The summed E-state index contributed by atoms with van der Waals surface area (Å²) in [5, 5.41) is 14.2. The number of alkyl halides is 10. The number of fused-ring (bicyclic) bond motifs is 4. The van der Waals surface area contributed by atoms with Gasteiger partial charge in [0.05, 0.1) is 9.79 Å². The minimum Gasteiger partial charge on any atom is -0.489 e. The molecule has 520 valence electrons.